The van der Waals surface area contributed by atoms with Crippen molar-refractivity contribution < 1.29 is 4.68 Å². The SMILES string of the molecule is CCC(C)=CN=CN=C(C)c1ccc(CC)c(-c2cc[n+](C)n2CC)c1. The first kappa shape index (κ1) is 19.8. The standard InChI is InChI=1S/C22H31N4/c1-7-17(4)15-23-16-24-18(5)20-11-10-19(8-2)21(14-20)22-12-13-25(6)26(22)9-3/h10-16H,7-9H2,1-6H3/q+1. The van der Waals surface area contributed by atoms with Gasteiger partial charge in [-0.3, -0.25) is 0 Å². The summed E-state index contributed by atoms with van der Waals surface area (Å²) < 4.78 is 4.42. The van der Waals surface area contributed by atoms with Gasteiger partial charge < -0.3 is 0 Å². The molecule has 0 atom stereocenters. The molecule has 1 heterocycles. The molecule has 0 spiro atoms. The topological polar surface area (TPSA) is 33.5 Å². The van der Waals surface area contributed by atoms with E-state index >= 15 is 0 Å². The van der Waals surface area contributed by atoms with Crippen molar-refractivity contribution in [2.75, 3.05) is 0 Å². The molecule has 0 N–H and O–H groups in total. The van der Waals surface area contributed by atoms with Crippen LogP contribution in [0.25, 0.3) is 11.3 Å². The van der Waals surface area contributed by atoms with E-state index in [4.69, 9.17) is 0 Å². The predicted molar refractivity (Wildman–Crippen MR) is 111 cm³/mol. The maximum Gasteiger partial charge on any atom is 0.196 e. The van der Waals surface area contributed by atoms with Crippen LogP contribution >= 0.6 is 0 Å². The Labute approximate surface area is 157 Å². The zero-order chi connectivity index (χ0) is 19.1. The van der Waals surface area contributed by atoms with E-state index in [2.05, 4.69) is 84.6 Å². The van der Waals surface area contributed by atoms with Gasteiger partial charge in [0.05, 0.1) is 6.54 Å². The van der Waals surface area contributed by atoms with Crippen LogP contribution in [0.4, 0.5) is 0 Å². The minimum atomic E-state index is 0.940. The van der Waals surface area contributed by atoms with Gasteiger partial charge in [-0.1, -0.05) is 31.6 Å². The van der Waals surface area contributed by atoms with E-state index in [9.17, 15) is 0 Å². The molecule has 0 saturated heterocycles. The van der Waals surface area contributed by atoms with Crippen LogP contribution in [0.15, 0.2) is 52.2 Å². The molecule has 26 heavy (non-hydrogen) atoms. The number of hydrogen-bond acceptors (Lipinski definition) is 1. The average molecular weight is 352 g/mol. The van der Waals surface area contributed by atoms with Gasteiger partial charge in [0.2, 0.25) is 0 Å². The zero-order valence-electron chi connectivity index (χ0n) is 17.0. The second-order valence-corrected chi connectivity index (χ2v) is 6.52. The molecule has 0 saturated carbocycles. The average Bonchev–Trinajstić information content (AvgIpc) is 3.04. The zero-order valence-corrected chi connectivity index (χ0v) is 17.0. The van der Waals surface area contributed by atoms with Gasteiger partial charge in [-0.2, -0.15) is 4.68 Å². The first-order valence-electron chi connectivity index (χ1n) is 9.42. The molecule has 0 unspecified atom stereocenters. The lowest BCUT2D eigenvalue weighted by atomic mass is 9.98. The molecule has 2 rings (SSSR count). The van der Waals surface area contributed by atoms with E-state index in [0.29, 0.717) is 0 Å². The smallest absolute Gasteiger partial charge is 0.196 e. The second kappa shape index (κ2) is 9.27. The van der Waals surface area contributed by atoms with E-state index < -0.39 is 0 Å². The maximum absolute atomic E-state index is 4.51. The first-order chi connectivity index (χ1) is 12.5. The molecule has 0 aliphatic heterocycles. The fourth-order valence-electron chi connectivity index (χ4n) is 2.93. The lowest BCUT2D eigenvalue weighted by Crippen LogP contribution is -2.38. The van der Waals surface area contributed by atoms with E-state index in [-0.39, 0.29) is 0 Å². The lowest BCUT2D eigenvalue weighted by molar-refractivity contribution is -0.752. The van der Waals surface area contributed by atoms with Gasteiger partial charge in [0.15, 0.2) is 13.2 Å². The van der Waals surface area contributed by atoms with Crippen LogP contribution in [0.3, 0.4) is 0 Å². The van der Waals surface area contributed by atoms with Crippen molar-refractivity contribution in [3.63, 3.8) is 0 Å². The van der Waals surface area contributed by atoms with Gasteiger partial charge >= 0.3 is 0 Å². The number of nitrogens with zero attached hydrogens (tertiary/aromatic N) is 4. The maximum atomic E-state index is 4.51. The van der Waals surface area contributed by atoms with Crippen LogP contribution in [-0.2, 0) is 20.0 Å². The van der Waals surface area contributed by atoms with Crippen LogP contribution < -0.4 is 4.68 Å². The molecule has 4 nitrogen and oxygen atoms in total. The van der Waals surface area contributed by atoms with Crippen LogP contribution in [-0.4, -0.2) is 16.7 Å². The first-order valence-corrected chi connectivity index (χ1v) is 9.42. The van der Waals surface area contributed by atoms with E-state index in [1.165, 1.54) is 22.4 Å². The fourth-order valence-corrected chi connectivity index (χ4v) is 2.93. The molecule has 0 aliphatic rings. The summed E-state index contributed by atoms with van der Waals surface area (Å²) >= 11 is 0. The van der Waals surface area contributed by atoms with Gasteiger partial charge in [-0.25, -0.2) is 9.98 Å². The van der Waals surface area contributed by atoms with Crippen molar-refractivity contribution >= 4 is 12.1 Å². The van der Waals surface area contributed by atoms with Crippen LogP contribution in [0.1, 0.15) is 52.2 Å². The summed E-state index contributed by atoms with van der Waals surface area (Å²) in [7, 11) is 2.08. The Morgan fingerprint density at radius 1 is 1.15 bits per heavy atom. The molecule has 0 radical (unpaired) electrons. The van der Waals surface area contributed by atoms with Crippen molar-refractivity contribution in [3.8, 4) is 11.3 Å². The summed E-state index contributed by atoms with van der Waals surface area (Å²) in [5.41, 5.74) is 7.23. The largest absolute Gasteiger partial charge is 0.245 e. The van der Waals surface area contributed by atoms with Crippen molar-refractivity contribution in [2.45, 2.75) is 54.0 Å². The minimum Gasteiger partial charge on any atom is -0.245 e. The molecule has 4 heteroatoms. The van der Waals surface area contributed by atoms with Crippen LogP contribution in [0.2, 0.25) is 0 Å². The normalized spacial score (nSPS) is 13.0. The highest BCUT2D eigenvalue weighted by molar-refractivity contribution is 6.03. The third-order valence-electron chi connectivity index (χ3n) is 4.76. The minimum absolute atomic E-state index is 0.940. The van der Waals surface area contributed by atoms with E-state index in [1.807, 2.05) is 13.1 Å². The van der Waals surface area contributed by atoms with Crippen LogP contribution in [0, 0.1) is 0 Å². The fraction of sp³-hybridized carbons (Fsp3) is 0.409. The summed E-state index contributed by atoms with van der Waals surface area (Å²) in [5, 5.41) is 0. The molecular formula is C22H31N4+. The van der Waals surface area contributed by atoms with Gasteiger partial charge in [-0.05, 0) is 50.8 Å². The molecule has 0 aliphatic carbocycles. The summed E-state index contributed by atoms with van der Waals surface area (Å²) in [6, 6.07) is 8.81. The van der Waals surface area contributed by atoms with Gasteiger partial charge in [0, 0.05) is 23.5 Å². The Bertz CT molecular complexity index is 838. The Balaban J connectivity index is 2.40. The van der Waals surface area contributed by atoms with Gasteiger partial charge in [0.1, 0.15) is 12.0 Å². The summed E-state index contributed by atoms with van der Waals surface area (Å²) in [6.45, 7) is 11.5. The van der Waals surface area contributed by atoms with Crippen LogP contribution in [0.5, 0.6) is 0 Å². The van der Waals surface area contributed by atoms with E-state index in [1.54, 1.807) is 6.34 Å². The van der Waals surface area contributed by atoms with Gasteiger partial charge in [-0.15, -0.1) is 4.68 Å². The predicted octanol–water partition coefficient (Wildman–Crippen LogP) is 4.71. The molecular weight excluding hydrogens is 320 g/mol. The number of aromatic nitrogens is 2. The second-order valence-electron chi connectivity index (χ2n) is 6.52. The molecule has 0 bridgehead atoms. The van der Waals surface area contributed by atoms with Crippen molar-refractivity contribution in [2.24, 2.45) is 17.0 Å². The Hall–Kier alpha value is -2.49. The molecule has 1 aromatic carbocycles. The molecule has 2 aromatic rings. The number of benzene rings is 1. The Morgan fingerprint density at radius 3 is 2.58 bits per heavy atom. The number of hydrogen-bond donors (Lipinski definition) is 0. The number of aryl methyl sites for hydroxylation is 2. The lowest BCUT2D eigenvalue weighted by Gasteiger charge is -2.11. The Kier molecular flexibility index (Phi) is 7.07. The highest BCUT2D eigenvalue weighted by atomic mass is 15.4. The number of rotatable bonds is 7. The van der Waals surface area contributed by atoms with Crippen molar-refractivity contribution in [1.82, 2.24) is 4.68 Å². The highest BCUT2D eigenvalue weighted by Gasteiger charge is 2.15. The number of allylic oxidation sites excluding steroid dienone is 1. The monoisotopic (exact) mass is 351 g/mol. The number of aliphatic imine (C=N–C) groups is 2. The molecule has 0 amide bonds. The van der Waals surface area contributed by atoms with Crippen molar-refractivity contribution in [1.29, 1.82) is 0 Å². The quantitative estimate of drug-likeness (QED) is 0.393. The highest BCUT2D eigenvalue weighted by Crippen LogP contribution is 2.25. The third kappa shape index (κ3) is 4.57. The third-order valence-corrected chi connectivity index (χ3v) is 4.76. The summed E-state index contributed by atoms with van der Waals surface area (Å²) in [5.74, 6) is 0. The molecule has 138 valence electrons. The van der Waals surface area contributed by atoms with Gasteiger partial charge in [0.25, 0.3) is 0 Å². The van der Waals surface area contributed by atoms with E-state index in [0.717, 1.165) is 30.7 Å². The summed E-state index contributed by atoms with van der Waals surface area (Å²) in [6.07, 6.45) is 7.64. The Morgan fingerprint density at radius 2 is 1.92 bits per heavy atom. The summed E-state index contributed by atoms with van der Waals surface area (Å²) in [4.78, 5) is 8.78. The molecule has 1 aromatic heterocycles. The molecule has 0 fully saturated rings. The van der Waals surface area contributed by atoms with Crippen molar-refractivity contribution in [3.05, 3.63) is 53.4 Å².